The van der Waals surface area contributed by atoms with Gasteiger partial charge in [0.1, 0.15) is 0 Å². The molecule has 2 rings (SSSR count). The topological polar surface area (TPSA) is 94.9 Å². The fraction of sp³-hybridized carbons (Fsp3) is 0.176. The van der Waals surface area contributed by atoms with Crippen molar-refractivity contribution >= 4 is 23.7 Å². The van der Waals surface area contributed by atoms with E-state index < -0.39 is 17.2 Å². The van der Waals surface area contributed by atoms with Crippen LogP contribution in [0, 0.1) is 11.3 Å². The summed E-state index contributed by atoms with van der Waals surface area (Å²) in [5, 5.41) is 13.8. The Morgan fingerprint density at radius 1 is 1.29 bits per heavy atom. The van der Waals surface area contributed by atoms with E-state index in [1.165, 1.54) is 18.0 Å². The first-order valence-electron chi connectivity index (χ1n) is 7.24. The zero-order valence-corrected chi connectivity index (χ0v) is 13.8. The lowest BCUT2D eigenvalue weighted by molar-refractivity contribution is -0.119. The van der Waals surface area contributed by atoms with E-state index in [9.17, 15) is 9.59 Å². The van der Waals surface area contributed by atoms with Gasteiger partial charge in [-0.2, -0.15) is 5.26 Å². The van der Waals surface area contributed by atoms with Crippen LogP contribution in [0.15, 0.2) is 53.7 Å². The first-order valence-corrected chi connectivity index (χ1v) is 8.12. The van der Waals surface area contributed by atoms with Crippen molar-refractivity contribution in [3.63, 3.8) is 0 Å². The summed E-state index contributed by atoms with van der Waals surface area (Å²) >= 11 is 1.18. The summed E-state index contributed by atoms with van der Waals surface area (Å²) in [4.78, 5) is 27.9. The molecule has 2 aromatic rings. The van der Waals surface area contributed by atoms with E-state index in [-0.39, 0.29) is 0 Å². The summed E-state index contributed by atoms with van der Waals surface area (Å²) in [5.41, 5.74) is 1.42. The highest BCUT2D eigenvalue weighted by atomic mass is 32.2. The fourth-order valence-corrected chi connectivity index (χ4v) is 2.66. The Kier molecular flexibility index (Phi) is 6.34. The molecule has 1 heterocycles. The predicted molar refractivity (Wildman–Crippen MR) is 91.1 cm³/mol. The van der Waals surface area contributed by atoms with Gasteiger partial charge in [0.25, 0.3) is 0 Å². The molecule has 0 fully saturated rings. The number of hydrogen-bond acceptors (Lipinski definition) is 5. The number of nitrogens with zero attached hydrogens (tertiary/aromatic N) is 2. The van der Waals surface area contributed by atoms with Gasteiger partial charge in [0, 0.05) is 12.7 Å². The Morgan fingerprint density at radius 3 is 2.75 bits per heavy atom. The number of thioether (sulfide) groups is 1. The molecule has 1 unspecified atom stereocenters. The molecule has 0 saturated carbocycles. The highest BCUT2D eigenvalue weighted by Crippen LogP contribution is 2.21. The third-order valence-electron chi connectivity index (χ3n) is 3.06. The quantitative estimate of drug-likeness (QED) is 0.815. The number of aromatic nitrogens is 1. The first-order chi connectivity index (χ1) is 11.6. The molecule has 7 heteroatoms. The average Bonchev–Trinajstić information content (AvgIpc) is 2.61. The maximum Gasteiger partial charge on any atom is 0.321 e. The maximum atomic E-state index is 12.0. The van der Waals surface area contributed by atoms with E-state index in [1.807, 2.05) is 36.4 Å². The second-order valence-electron chi connectivity index (χ2n) is 4.91. The molecule has 0 spiro atoms. The Balaban J connectivity index is 1.82. The van der Waals surface area contributed by atoms with E-state index in [0.29, 0.717) is 17.1 Å². The number of carbonyl (C=O) groups is 2. The number of pyridine rings is 1. The Morgan fingerprint density at radius 2 is 2.04 bits per heavy atom. The summed E-state index contributed by atoms with van der Waals surface area (Å²) in [7, 11) is 0. The number of nitriles is 1. The van der Waals surface area contributed by atoms with Crippen LogP contribution in [0.4, 0.5) is 4.79 Å². The lowest BCUT2D eigenvalue weighted by Crippen LogP contribution is -2.42. The van der Waals surface area contributed by atoms with Crippen LogP contribution < -0.4 is 10.6 Å². The van der Waals surface area contributed by atoms with Gasteiger partial charge in [-0.05, 0) is 24.6 Å². The molecule has 1 aromatic carbocycles. The third-order valence-corrected chi connectivity index (χ3v) is 4.10. The van der Waals surface area contributed by atoms with Gasteiger partial charge in [0.15, 0.2) is 0 Å². The number of rotatable bonds is 5. The van der Waals surface area contributed by atoms with Gasteiger partial charge in [0.2, 0.25) is 5.91 Å². The number of imide groups is 1. The Hall–Kier alpha value is -2.85. The van der Waals surface area contributed by atoms with Crippen LogP contribution in [0.3, 0.4) is 0 Å². The molecule has 0 aliphatic rings. The smallest absolute Gasteiger partial charge is 0.321 e. The molecule has 122 valence electrons. The summed E-state index contributed by atoms with van der Waals surface area (Å²) in [6.45, 7) is 2.01. The SMILES string of the molecule is CC(Sc1cc(C#N)ccn1)C(=O)NC(=O)NCc1ccccc1. The van der Waals surface area contributed by atoms with Crippen molar-refractivity contribution in [3.05, 3.63) is 59.8 Å². The lowest BCUT2D eigenvalue weighted by atomic mass is 10.2. The molecule has 24 heavy (non-hydrogen) atoms. The highest BCUT2D eigenvalue weighted by molar-refractivity contribution is 8.00. The van der Waals surface area contributed by atoms with Crippen molar-refractivity contribution in [1.82, 2.24) is 15.6 Å². The maximum absolute atomic E-state index is 12.0. The van der Waals surface area contributed by atoms with Crippen molar-refractivity contribution in [2.45, 2.75) is 23.7 Å². The van der Waals surface area contributed by atoms with Gasteiger partial charge in [-0.1, -0.05) is 42.1 Å². The van der Waals surface area contributed by atoms with Crippen LogP contribution in [-0.4, -0.2) is 22.2 Å². The molecule has 3 amide bonds. The normalized spacial score (nSPS) is 11.2. The van der Waals surface area contributed by atoms with Gasteiger partial charge < -0.3 is 5.32 Å². The van der Waals surface area contributed by atoms with Crippen LogP contribution >= 0.6 is 11.8 Å². The Bertz CT molecular complexity index is 759. The van der Waals surface area contributed by atoms with Crippen molar-refractivity contribution in [3.8, 4) is 6.07 Å². The van der Waals surface area contributed by atoms with E-state index in [2.05, 4.69) is 15.6 Å². The molecule has 1 atom stereocenters. The number of amides is 3. The fourth-order valence-electron chi connectivity index (χ4n) is 1.81. The molecule has 0 bridgehead atoms. The van der Waals surface area contributed by atoms with Crippen LogP contribution in [-0.2, 0) is 11.3 Å². The zero-order valence-electron chi connectivity index (χ0n) is 13.0. The van der Waals surface area contributed by atoms with Crippen molar-refractivity contribution in [2.24, 2.45) is 0 Å². The molecule has 0 aliphatic carbocycles. The number of urea groups is 1. The van der Waals surface area contributed by atoms with Crippen molar-refractivity contribution in [2.75, 3.05) is 0 Å². The number of carbonyl (C=O) groups excluding carboxylic acids is 2. The van der Waals surface area contributed by atoms with Gasteiger partial charge in [-0.15, -0.1) is 0 Å². The van der Waals surface area contributed by atoms with Gasteiger partial charge in [0.05, 0.1) is 21.9 Å². The first kappa shape index (κ1) is 17.5. The van der Waals surface area contributed by atoms with Gasteiger partial charge in [-0.3, -0.25) is 10.1 Å². The molecule has 0 radical (unpaired) electrons. The molecular formula is C17H16N4O2S. The molecular weight excluding hydrogens is 324 g/mol. The van der Waals surface area contributed by atoms with E-state index in [4.69, 9.17) is 5.26 Å². The summed E-state index contributed by atoms with van der Waals surface area (Å²) in [6, 6.07) is 14.1. The molecule has 1 aromatic heterocycles. The second-order valence-corrected chi connectivity index (χ2v) is 6.27. The number of nitrogens with one attached hydrogen (secondary N) is 2. The second kappa shape index (κ2) is 8.70. The van der Waals surface area contributed by atoms with Gasteiger partial charge >= 0.3 is 6.03 Å². The minimum Gasteiger partial charge on any atom is -0.334 e. The standard InChI is InChI=1S/C17H16N4O2S/c1-12(24-15-9-14(10-18)7-8-19-15)16(22)21-17(23)20-11-13-5-3-2-4-6-13/h2-9,12H,11H2,1H3,(H2,20,21,22,23). The molecule has 2 N–H and O–H groups in total. The zero-order chi connectivity index (χ0) is 17.4. The molecule has 0 saturated heterocycles. The van der Waals surface area contributed by atoms with E-state index >= 15 is 0 Å². The van der Waals surface area contributed by atoms with Crippen LogP contribution in [0.2, 0.25) is 0 Å². The van der Waals surface area contributed by atoms with Crippen molar-refractivity contribution < 1.29 is 9.59 Å². The van der Waals surface area contributed by atoms with Crippen LogP contribution in [0.1, 0.15) is 18.1 Å². The highest BCUT2D eigenvalue weighted by Gasteiger charge is 2.17. The number of benzene rings is 1. The molecule has 0 aliphatic heterocycles. The van der Waals surface area contributed by atoms with Crippen molar-refractivity contribution in [1.29, 1.82) is 5.26 Å². The summed E-state index contributed by atoms with van der Waals surface area (Å²) in [6.07, 6.45) is 1.51. The monoisotopic (exact) mass is 340 g/mol. The van der Waals surface area contributed by atoms with Crippen LogP contribution in [0.25, 0.3) is 0 Å². The minimum absolute atomic E-state index is 0.341. The average molecular weight is 340 g/mol. The molecule has 6 nitrogen and oxygen atoms in total. The minimum atomic E-state index is -0.546. The Labute approximate surface area is 144 Å². The third kappa shape index (κ3) is 5.41. The number of hydrogen-bond donors (Lipinski definition) is 2. The predicted octanol–water partition coefficient (Wildman–Crippen LogP) is 2.46. The van der Waals surface area contributed by atoms with E-state index in [0.717, 1.165) is 5.56 Å². The largest absolute Gasteiger partial charge is 0.334 e. The lowest BCUT2D eigenvalue weighted by Gasteiger charge is -2.11. The van der Waals surface area contributed by atoms with Gasteiger partial charge in [-0.25, -0.2) is 9.78 Å². The summed E-state index contributed by atoms with van der Waals surface area (Å²) < 4.78 is 0. The summed E-state index contributed by atoms with van der Waals surface area (Å²) in [5.74, 6) is -0.422. The van der Waals surface area contributed by atoms with E-state index in [1.54, 1.807) is 19.1 Å². The van der Waals surface area contributed by atoms with Crippen LogP contribution in [0.5, 0.6) is 0 Å².